The highest BCUT2D eigenvalue weighted by Gasteiger charge is 2.90. The van der Waals surface area contributed by atoms with Gasteiger partial charge in [0.2, 0.25) is 0 Å². The van der Waals surface area contributed by atoms with Crippen molar-refractivity contribution in [2.45, 2.75) is 68.1 Å². The third-order valence-electron chi connectivity index (χ3n) is 4.65. The molecule has 0 N–H and O–H groups in total. The highest BCUT2D eigenvalue weighted by molar-refractivity contribution is 5.30. The van der Waals surface area contributed by atoms with Gasteiger partial charge in [-0.25, -0.2) is 0 Å². The first-order chi connectivity index (χ1) is 14.2. The van der Waals surface area contributed by atoms with E-state index in [-0.39, 0.29) is 17.5 Å². The zero-order valence-electron chi connectivity index (χ0n) is 16.3. The molecule has 0 fully saturated rings. The Morgan fingerprint density at radius 1 is 0.719 bits per heavy atom. The van der Waals surface area contributed by atoms with E-state index in [2.05, 4.69) is 4.74 Å². The van der Waals surface area contributed by atoms with Crippen molar-refractivity contribution >= 4 is 0 Å². The van der Waals surface area contributed by atoms with E-state index < -0.39 is 48.3 Å². The minimum atomic E-state index is -7.91. The quantitative estimate of drug-likeness (QED) is 0.306. The average Bonchev–Trinajstić information content (AvgIpc) is 2.65. The molecule has 0 aliphatic heterocycles. The number of alkyl halides is 13. The third-order valence-corrected chi connectivity index (χ3v) is 4.65. The Morgan fingerprint density at radius 3 is 1.62 bits per heavy atom. The molecule has 1 nitrogen and oxygen atoms in total. The van der Waals surface area contributed by atoms with Gasteiger partial charge in [-0.15, -0.1) is 0 Å². The first kappa shape index (κ1) is 28.3. The van der Waals surface area contributed by atoms with E-state index in [0.717, 1.165) is 6.07 Å². The van der Waals surface area contributed by atoms with Crippen LogP contribution in [0.25, 0.3) is 0 Å². The third kappa shape index (κ3) is 4.51. The van der Waals surface area contributed by atoms with Crippen molar-refractivity contribution in [2.24, 2.45) is 0 Å². The summed E-state index contributed by atoms with van der Waals surface area (Å²) in [5.74, 6) is -37.0. The fourth-order valence-electron chi connectivity index (χ4n) is 2.83. The van der Waals surface area contributed by atoms with Crippen LogP contribution < -0.4 is 0 Å². The van der Waals surface area contributed by atoms with Gasteiger partial charge in [-0.1, -0.05) is 37.6 Å². The van der Waals surface area contributed by atoms with Crippen molar-refractivity contribution in [3.05, 3.63) is 35.4 Å². The molecule has 0 bridgehead atoms. The van der Waals surface area contributed by atoms with Gasteiger partial charge >= 0.3 is 35.8 Å². The summed E-state index contributed by atoms with van der Waals surface area (Å²) in [6.45, 7) is 1.64. The summed E-state index contributed by atoms with van der Waals surface area (Å²) in [5, 5.41) is 0. The Hall–Kier alpha value is -1.73. The maximum atomic E-state index is 14.2. The van der Waals surface area contributed by atoms with Gasteiger partial charge in [-0.05, 0) is 17.5 Å². The molecule has 0 aromatic heterocycles. The van der Waals surface area contributed by atoms with Crippen LogP contribution in [0.15, 0.2) is 24.3 Å². The lowest BCUT2D eigenvalue weighted by atomic mass is 9.88. The Balaban J connectivity index is 3.45. The van der Waals surface area contributed by atoms with Crippen molar-refractivity contribution in [2.75, 3.05) is 7.11 Å². The minimum absolute atomic E-state index is 0.185. The molecule has 1 atom stereocenters. The van der Waals surface area contributed by atoms with Gasteiger partial charge in [0.05, 0.1) is 6.10 Å². The van der Waals surface area contributed by atoms with Gasteiger partial charge in [0.1, 0.15) is 0 Å². The predicted octanol–water partition coefficient (Wildman–Crippen LogP) is 7.46. The Kier molecular flexibility index (Phi) is 7.87. The second-order valence-electron chi connectivity index (χ2n) is 6.88. The van der Waals surface area contributed by atoms with E-state index in [1.54, 1.807) is 6.92 Å². The van der Waals surface area contributed by atoms with Crippen LogP contribution in [-0.4, -0.2) is 42.9 Å². The molecule has 186 valence electrons. The monoisotopic (exact) mass is 496 g/mol. The van der Waals surface area contributed by atoms with E-state index in [9.17, 15) is 57.1 Å². The second-order valence-corrected chi connectivity index (χ2v) is 6.88. The molecular formula is C18H17F13O. The van der Waals surface area contributed by atoms with Crippen LogP contribution in [0.2, 0.25) is 0 Å². The number of hydrogen-bond donors (Lipinski definition) is 0. The number of ether oxygens (including phenoxy) is 1. The zero-order chi connectivity index (χ0) is 25.4. The number of benzene rings is 1. The molecule has 0 aliphatic rings. The normalized spacial score (nSPS) is 15.7. The minimum Gasteiger partial charge on any atom is -0.377 e. The van der Waals surface area contributed by atoms with Gasteiger partial charge in [-0.2, -0.15) is 57.1 Å². The van der Waals surface area contributed by atoms with Crippen LogP contribution in [0.4, 0.5) is 57.1 Å². The van der Waals surface area contributed by atoms with Gasteiger partial charge in [0.25, 0.3) is 0 Å². The molecule has 1 rings (SSSR count). The number of hydrogen-bond acceptors (Lipinski definition) is 1. The second kappa shape index (κ2) is 8.90. The Bertz CT molecular complexity index is 770. The van der Waals surface area contributed by atoms with Crippen LogP contribution in [0.3, 0.4) is 0 Å². The first-order valence-corrected chi connectivity index (χ1v) is 8.79. The van der Waals surface area contributed by atoms with Crippen LogP contribution in [0.1, 0.15) is 37.0 Å². The molecule has 1 aromatic rings. The molecule has 1 unspecified atom stereocenters. The number of rotatable bonds is 10. The predicted molar refractivity (Wildman–Crippen MR) is 85.6 cm³/mol. The summed E-state index contributed by atoms with van der Waals surface area (Å²) in [4.78, 5) is 0. The fraction of sp³-hybridized carbons (Fsp3) is 0.667. The maximum Gasteiger partial charge on any atom is 0.460 e. The molecule has 0 amide bonds. The van der Waals surface area contributed by atoms with Crippen molar-refractivity contribution in [1.82, 2.24) is 0 Å². The van der Waals surface area contributed by atoms with Crippen molar-refractivity contribution < 1.29 is 61.8 Å². The van der Waals surface area contributed by atoms with E-state index in [0.29, 0.717) is 13.5 Å². The molecule has 0 spiro atoms. The molecule has 1 aromatic carbocycles. The van der Waals surface area contributed by atoms with Crippen LogP contribution >= 0.6 is 0 Å². The lowest BCUT2D eigenvalue weighted by molar-refractivity contribution is -0.440. The standard InChI is InChI=1S/C18H17F13O/c1-3-6-10-7-4-5-8-11(10)12(32-2)9-13(19,20)14(21,22)15(23,24)16(25,26)17(27,28)18(29,30)31/h4-5,7-8,12H,3,6,9H2,1-2H3. The smallest absolute Gasteiger partial charge is 0.377 e. The molecule has 0 heterocycles. The summed E-state index contributed by atoms with van der Waals surface area (Å²) in [5.41, 5.74) is 0.0460. The Labute approximate surface area is 173 Å². The largest absolute Gasteiger partial charge is 0.460 e. The van der Waals surface area contributed by atoms with Crippen LogP contribution in [-0.2, 0) is 11.2 Å². The molecule has 14 heteroatoms. The molecule has 32 heavy (non-hydrogen) atoms. The average molecular weight is 496 g/mol. The summed E-state index contributed by atoms with van der Waals surface area (Å²) >= 11 is 0. The van der Waals surface area contributed by atoms with Gasteiger partial charge in [0.15, 0.2) is 0 Å². The van der Waals surface area contributed by atoms with E-state index >= 15 is 0 Å². The van der Waals surface area contributed by atoms with E-state index in [1.807, 2.05) is 0 Å². The first-order valence-electron chi connectivity index (χ1n) is 8.79. The summed E-state index contributed by atoms with van der Waals surface area (Å²) in [6.07, 6.45) is -11.4. The summed E-state index contributed by atoms with van der Waals surface area (Å²) < 4.78 is 177. The van der Waals surface area contributed by atoms with Crippen molar-refractivity contribution in [3.63, 3.8) is 0 Å². The van der Waals surface area contributed by atoms with Crippen LogP contribution in [0.5, 0.6) is 0 Å². The highest BCUT2D eigenvalue weighted by Crippen LogP contribution is 2.61. The van der Waals surface area contributed by atoms with Gasteiger partial charge in [0, 0.05) is 13.5 Å². The number of aryl methyl sites for hydroxylation is 1. The molecular weight excluding hydrogens is 479 g/mol. The molecule has 0 saturated heterocycles. The lowest BCUT2D eigenvalue weighted by Gasteiger charge is -2.40. The number of halogens is 13. The summed E-state index contributed by atoms with van der Waals surface area (Å²) in [7, 11) is 0.701. The lowest BCUT2D eigenvalue weighted by Crippen LogP contribution is -2.70. The molecule has 0 saturated carbocycles. The van der Waals surface area contributed by atoms with Gasteiger partial charge < -0.3 is 4.74 Å². The van der Waals surface area contributed by atoms with Crippen molar-refractivity contribution in [1.29, 1.82) is 0 Å². The van der Waals surface area contributed by atoms with Crippen molar-refractivity contribution in [3.8, 4) is 0 Å². The maximum absolute atomic E-state index is 14.2. The Morgan fingerprint density at radius 2 is 1.19 bits per heavy atom. The molecule has 0 aliphatic carbocycles. The van der Waals surface area contributed by atoms with Crippen LogP contribution in [0, 0.1) is 0 Å². The summed E-state index contributed by atoms with van der Waals surface area (Å²) in [6, 6.07) is 5.11. The highest BCUT2D eigenvalue weighted by atomic mass is 19.4. The van der Waals surface area contributed by atoms with Gasteiger partial charge in [-0.3, -0.25) is 0 Å². The number of methoxy groups -OCH3 is 1. The SMILES string of the molecule is CCCc1ccccc1C(CC(F)(F)C(F)(F)C(F)(F)C(F)(F)C(F)(F)C(F)(F)F)OC. The van der Waals surface area contributed by atoms with E-state index in [1.165, 1.54) is 18.2 Å². The zero-order valence-corrected chi connectivity index (χ0v) is 16.3. The van der Waals surface area contributed by atoms with E-state index in [4.69, 9.17) is 0 Å². The molecule has 0 radical (unpaired) electrons. The topological polar surface area (TPSA) is 9.23 Å². The fourth-order valence-corrected chi connectivity index (χ4v) is 2.83.